The lowest BCUT2D eigenvalue weighted by atomic mass is 9.69. The van der Waals surface area contributed by atoms with E-state index >= 15 is 0 Å². The molecule has 0 saturated heterocycles. The van der Waals surface area contributed by atoms with Crippen LogP contribution in [0.25, 0.3) is 0 Å². The van der Waals surface area contributed by atoms with Gasteiger partial charge in [0.15, 0.2) is 0 Å². The van der Waals surface area contributed by atoms with Crippen LogP contribution in [0.3, 0.4) is 0 Å². The molecule has 0 aromatic carbocycles. The van der Waals surface area contributed by atoms with Gasteiger partial charge >= 0.3 is 0 Å². The average Bonchev–Trinajstić information content (AvgIpc) is 2.57. The van der Waals surface area contributed by atoms with E-state index in [0.29, 0.717) is 0 Å². The van der Waals surface area contributed by atoms with Crippen molar-refractivity contribution in [2.75, 3.05) is 0 Å². The topological polar surface area (TPSA) is 0 Å². The van der Waals surface area contributed by atoms with E-state index < -0.39 is 0 Å². The second-order valence-corrected chi connectivity index (χ2v) is 5.81. The number of hydrogen-bond donors (Lipinski definition) is 0. The highest BCUT2D eigenvalue weighted by Gasteiger charge is 2.44. The third-order valence-electron chi connectivity index (χ3n) is 5.28. The summed E-state index contributed by atoms with van der Waals surface area (Å²) in [5.41, 5.74) is 1.61. The quantitative estimate of drug-likeness (QED) is 0.576. The number of rotatable bonds is 2. The number of hydrogen-bond acceptors (Lipinski definition) is 0. The first-order valence-electron chi connectivity index (χ1n) is 6.87. The van der Waals surface area contributed by atoms with Gasteiger partial charge in [0, 0.05) is 0 Å². The zero-order valence-electron chi connectivity index (χ0n) is 10.6. The Hall–Kier alpha value is -0.260. The minimum atomic E-state index is 0.837. The largest absolute Gasteiger partial charge is 0.0993 e. The van der Waals surface area contributed by atoms with Crippen LogP contribution >= 0.6 is 0 Å². The molecule has 5 unspecified atom stereocenters. The van der Waals surface area contributed by atoms with Gasteiger partial charge in [-0.2, -0.15) is 0 Å². The van der Waals surface area contributed by atoms with E-state index in [4.69, 9.17) is 0 Å². The molecule has 0 heteroatoms. The standard InChI is InChI=1S/C15H26/c1-5-12-7-8-14-9-13(6-2)11(4)15(14)10(12)3/h11-15H,3,5-9H2,1-2,4H3. The summed E-state index contributed by atoms with van der Waals surface area (Å²) >= 11 is 0. The van der Waals surface area contributed by atoms with Crippen LogP contribution in [0.1, 0.15) is 52.9 Å². The summed E-state index contributed by atoms with van der Waals surface area (Å²) in [5, 5.41) is 0. The van der Waals surface area contributed by atoms with Crippen LogP contribution in [0, 0.1) is 29.6 Å². The van der Waals surface area contributed by atoms with E-state index in [2.05, 4.69) is 27.4 Å². The fourth-order valence-electron chi connectivity index (χ4n) is 4.29. The molecule has 0 radical (unpaired) electrons. The first kappa shape index (κ1) is 11.2. The van der Waals surface area contributed by atoms with Crippen LogP contribution in [-0.2, 0) is 0 Å². The van der Waals surface area contributed by atoms with Crippen molar-refractivity contribution in [3.8, 4) is 0 Å². The first-order chi connectivity index (χ1) is 7.19. The maximum atomic E-state index is 4.43. The van der Waals surface area contributed by atoms with Gasteiger partial charge in [-0.25, -0.2) is 0 Å². The molecule has 0 aliphatic heterocycles. The second kappa shape index (κ2) is 4.31. The Labute approximate surface area is 95.1 Å². The van der Waals surface area contributed by atoms with Crippen LogP contribution in [0.15, 0.2) is 12.2 Å². The maximum Gasteiger partial charge on any atom is -0.0146 e. The second-order valence-electron chi connectivity index (χ2n) is 5.81. The third kappa shape index (κ3) is 1.77. The monoisotopic (exact) mass is 206 g/mol. The van der Waals surface area contributed by atoms with E-state index in [1.165, 1.54) is 32.1 Å². The van der Waals surface area contributed by atoms with Crippen molar-refractivity contribution >= 4 is 0 Å². The van der Waals surface area contributed by atoms with E-state index in [1.54, 1.807) is 5.57 Å². The van der Waals surface area contributed by atoms with Crippen LogP contribution in [-0.4, -0.2) is 0 Å². The Kier molecular flexibility index (Phi) is 3.23. The molecule has 0 N–H and O–H groups in total. The summed E-state index contributed by atoms with van der Waals surface area (Å²) < 4.78 is 0. The third-order valence-corrected chi connectivity index (χ3v) is 5.28. The molecule has 86 valence electrons. The van der Waals surface area contributed by atoms with E-state index in [9.17, 15) is 0 Å². The molecule has 0 nitrogen and oxygen atoms in total. The van der Waals surface area contributed by atoms with Gasteiger partial charge in [0.05, 0.1) is 0 Å². The molecule has 2 aliphatic carbocycles. The van der Waals surface area contributed by atoms with Crippen molar-refractivity contribution in [2.45, 2.75) is 52.9 Å². The summed E-state index contributed by atoms with van der Waals surface area (Å²) in [6, 6.07) is 0. The highest BCUT2D eigenvalue weighted by molar-refractivity contribution is 5.15. The minimum absolute atomic E-state index is 0.837. The Bertz CT molecular complexity index is 238. The van der Waals surface area contributed by atoms with E-state index in [0.717, 1.165) is 29.6 Å². The van der Waals surface area contributed by atoms with E-state index in [-0.39, 0.29) is 0 Å². The maximum absolute atomic E-state index is 4.43. The molecule has 0 spiro atoms. The SMILES string of the molecule is C=C1C(CC)CCC2CC(CC)C(C)C12. The van der Waals surface area contributed by atoms with Gasteiger partial charge < -0.3 is 0 Å². The van der Waals surface area contributed by atoms with Crippen LogP contribution < -0.4 is 0 Å². The molecule has 2 aliphatic rings. The van der Waals surface area contributed by atoms with Crippen molar-refractivity contribution in [1.29, 1.82) is 0 Å². The Morgan fingerprint density at radius 2 is 1.93 bits per heavy atom. The summed E-state index contributed by atoms with van der Waals surface area (Å²) in [6.45, 7) is 11.6. The van der Waals surface area contributed by atoms with Crippen molar-refractivity contribution in [3.63, 3.8) is 0 Å². The molecule has 0 aromatic heterocycles. The van der Waals surface area contributed by atoms with Gasteiger partial charge in [-0.05, 0) is 55.3 Å². The molecule has 15 heavy (non-hydrogen) atoms. The van der Waals surface area contributed by atoms with Crippen molar-refractivity contribution < 1.29 is 0 Å². The van der Waals surface area contributed by atoms with E-state index in [1.807, 2.05) is 0 Å². The van der Waals surface area contributed by atoms with Gasteiger partial charge in [-0.15, -0.1) is 0 Å². The minimum Gasteiger partial charge on any atom is -0.0993 e. The van der Waals surface area contributed by atoms with Gasteiger partial charge in [0.2, 0.25) is 0 Å². The van der Waals surface area contributed by atoms with Crippen molar-refractivity contribution in [1.82, 2.24) is 0 Å². The van der Waals surface area contributed by atoms with Gasteiger partial charge in [-0.3, -0.25) is 0 Å². The fourth-order valence-corrected chi connectivity index (χ4v) is 4.29. The lowest BCUT2D eigenvalue weighted by Crippen LogP contribution is -2.26. The molecule has 0 bridgehead atoms. The number of allylic oxidation sites excluding steroid dienone is 1. The average molecular weight is 206 g/mol. The smallest absolute Gasteiger partial charge is 0.0146 e. The Balaban J connectivity index is 2.14. The molecule has 2 saturated carbocycles. The molecule has 2 fully saturated rings. The number of fused-ring (bicyclic) bond motifs is 1. The van der Waals surface area contributed by atoms with Crippen LogP contribution in [0.2, 0.25) is 0 Å². The lowest BCUT2D eigenvalue weighted by molar-refractivity contribution is 0.253. The summed E-state index contributed by atoms with van der Waals surface area (Å²) in [4.78, 5) is 0. The Morgan fingerprint density at radius 1 is 1.20 bits per heavy atom. The van der Waals surface area contributed by atoms with Crippen molar-refractivity contribution in [3.05, 3.63) is 12.2 Å². The van der Waals surface area contributed by atoms with Gasteiger partial charge in [0.25, 0.3) is 0 Å². The molecule has 5 atom stereocenters. The van der Waals surface area contributed by atoms with Crippen LogP contribution in [0.4, 0.5) is 0 Å². The highest BCUT2D eigenvalue weighted by Crippen LogP contribution is 2.53. The summed E-state index contributed by atoms with van der Waals surface area (Å²) in [7, 11) is 0. The summed E-state index contributed by atoms with van der Waals surface area (Å²) in [5.74, 6) is 4.58. The molecule has 0 amide bonds. The highest BCUT2D eigenvalue weighted by atomic mass is 14.5. The molecule has 0 heterocycles. The fraction of sp³-hybridized carbons (Fsp3) is 0.867. The van der Waals surface area contributed by atoms with Gasteiger partial charge in [-0.1, -0.05) is 39.3 Å². The molecule has 0 aromatic rings. The summed E-state index contributed by atoms with van der Waals surface area (Å²) in [6.07, 6.45) is 7.06. The molecular formula is C15H26. The van der Waals surface area contributed by atoms with Crippen LogP contribution in [0.5, 0.6) is 0 Å². The first-order valence-corrected chi connectivity index (χ1v) is 6.87. The zero-order chi connectivity index (χ0) is 11.0. The molecule has 2 rings (SSSR count). The Morgan fingerprint density at radius 3 is 2.53 bits per heavy atom. The zero-order valence-corrected chi connectivity index (χ0v) is 10.6. The van der Waals surface area contributed by atoms with Crippen molar-refractivity contribution in [2.24, 2.45) is 29.6 Å². The van der Waals surface area contributed by atoms with Gasteiger partial charge in [0.1, 0.15) is 0 Å². The normalized spacial score (nSPS) is 45.5. The predicted octanol–water partition coefficient (Wildman–Crippen LogP) is 4.66. The molecular weight excluding hydrogens is 180 g/mol. The lowest BCUT2D eigenvalue weighted by Gasteiger charge is -2.36. The predicted molar refractivity (Wildman–Crippen MR) is 66.7 cm³/mol.